The van der Waals surface area contributed by atoms with Crippen LogP contribution in [0, 0.1) is 0 Å². The van der Waals surface area contributed by atoms with E-state index in [1.807, 2.05) is 54.4 Å². The Morgan fingerprint density at radius 2 is 2.04 bits per heavy atom. The smallest absolute Gasteiger partial charge is 0.227 e. The van der Waals surface area contributed by atoms with Crippen LogP contribution in [0.15, 0.2) is 30.5 Å². The summed E-state index contributed by atoms with van der Waals surface area (Å²) >= 11 is 0. The molecular weight excluding hydrogens is 338 g/mol. The standard InChI is InChI=1S/C21H27N5O/c1-25(2)20-23-13-16-8-10-21(19(16)24-20)9-3-11-26(14-21)18(27)12-15-4-6-17(22)7-5-15/h4-7,13H,3,8-12,14,22H2,1-2H3. The van der Waals surface area contributed by atoms with Gasteiger partial charge in [0.2, 0.25) is 11.9 Å². The van der Waals surface area contributed by atoms with Crippen molar-refractivity contribution in [2.24, 2.45) is 0 Å². The molecule has 2 aliphatic rings. The molecule has 27 heavy (non-hydrogen) atoms. The molecule has 1 aromatic heterocycles. The number of aryl methyl sites for hydroxylation is 1. The zero-order valence-corrected chi connectivity index (χ0v) is 16.1. The summed E-state index contributed by atoms with van der Waals surface area (Å²) in [5.41, 5.74) is 9.87. The lowest BCUT2D eigenvalue weighted by Gasteiger charge is -2.40. The summed E-state index contributed by atoms with van der Waals surface area (Å²) in [6, 6.07) is 7.59. The highest BCUT2D eigenvalue weighted by Gasteiger charge is 2.44. The molecule has 1 atom stereocenters. The highest BCUT2D eigenvalue weighted by atomic mass is 16.2. The SMILES string of the molecule is CN(C)c1ncc2c(n1)C1(CCCN(C(=O)Cc3ccc(N)cc3)C1)CC2. The number of hydrogen-bond donors (Lipinski definition) is 1. The van der Waals surface area contributed by atoms with E-state index in [0.29, 0.717) is 6.42 Å². The minimum Gasteiger partial charge on any atom is -0.399 e. The van der Waals surface area contributed by atoms with Crippen molar-refractivity contribution in [3.8, 4) is 0 Å². The molecule has 1 fully saturated rings. The third-order valence-corrected chi connectivity index (χ3v) is 5.89. The Bertz CT molecular complexity index is 844. The van der Waals surface area contributed by atoms with Gasteiger partial charge in [-0.3, -0.25) is 4.79 Å². The Labute approximate surface area is 160 Å². The number of fused-ring (bicyclic) bond motifs is 2. The van der Waals surface area contributed by atoms with Gasteiger partial charge in [0.15, 0.2) is 0 Å². The molecule has 1 aliphatic heterocycles. The molecular formula is C21H27N5O. The Balaban J connectivity index is 1.54. The number of nitrogen functional groups attached to an aromatic ring is 1. The molecule has 1 aromatic carbocycles. The molecule has 0 saturated carbocycles. The van der Waals surface area contributed by atoms with Gasteiger partial charge in [-0.15, -0.1) is 0 Å². The number of carbonyl (C=O) groups is 1. The number of hydrogen-bond acceptors (Lipinski definition) is 5. The summed E-state index contributed by atoms with van der Waals surface area (Å²) in [6.07, 6.45) is 6.57. The Morgan fingerprint density at radius 3 is 2.78 bits per heavy atom. The number of aromatic nitrogens is 2. The largest absolute Gasteiger partial charge is 0.399 e. The van der Waals surface area contributed by atoms with Crippen molar-refractivity contribution in [3.63, 3.8) is 0 Å². The van der Waals surface area contributed by atoms with E-state index in [0.717, 1.165) is 61.7 Å². The molecule has 4 rings (SSSR count). The van der Waals surface area contributed by atoms with Crippen LogP contribution in [0.4, 0.5) is 11.6 Å². The maximum atomic E-state index is 12.9. The summed E-state index contributed by atoms with van der Waals surface area (Å²) in [5.74, 6) is 0.939. The van der Waals surface area contributed by atoms with Gasteiger partial charge < -0.3 is 15.5 Å². The highest BCUT2D eigenvalue weighted by molar-refractivity contribution is 5.79. The third kappa shape index (κ3) is 3.36. The van der Waals surface area contributed by atoms with Gasteiger partial charge in [0, 0.05) is 44.5 Å². The summed E-state index contributed by atoms with van der Waals surface area (Å²) in [7, 11) is 3.93. The second kappa shape index (κ2) is 6.83. The molecule has 1 amide bonds. The van der Waals surface area contributed by atoms with Crippen LogP contribution in [0.3, 0.4) is 0 Å². The Kier molecular flexibility index (Phi) is 4.50. The van der Waals surface area contributed by atoms with Gasteiger partial charge in [-0.1, -0.05) is 12.1 Å². The highest BCUT2D eigenvalue weighted by Crippen LogP contribution is 2.44. The van der Waals surface area contributed by atoms with Crippen LogP contribution < -0.4 is 10.6 Å². The maximum Gasteiger partial charge on any atom is 0.227 e. The van der Waals surface area contributed by atoms with E-state index >= 15 is 0 Å². The molecule has 1 saturated heterocycles. The first-order chi connectivity index (χ1) is 13.0. The van der Waals surface area contributed by atoms with E-state index in [2.05, 4.69) is 4.98 Å². The first kappa shape index (κ1) is 17.8. The number of carbonyl (C=O) groups excluding carboxylic acids is 1. The van der Waals surface area contributed by atoms with Crippen molar-refractivity contribution in [3.05, 3.63) is 47.3 Å². The summed E-state index contributed by atoms with van der Waals surface area (Å²) in [4.78, 5) is 26.3. The van der Waals surface area contributed by atoms with E-state index in [9.17, 15) is 4.79 Å². The fourth-order valence-electron chi connectivity index (χ4n) is 4.41. The third-order valence-electron chi connectivity index (χ3n) is 5.89. The number of likely N-dealkylation sites (tertiary alicyclic amines) is 1. The predicted molar refractivity (Wildman–Crippen MR) is 107 cm³/mol. The molecule has 0 radical (unpaired) electrons. The minimum atomic E-state index is -0.0158. The monoisotopic (exact) mass is 365 g/mol. The molecule has 142 valence electrons. The van der Waals surface area contributed by atoms with E-state index in [1.165, 1.54) is 5.56 Å². The molecule has 6 heteroatoms. The fraction of sp³-hybridized carbons (Fsp3) is 0.476. The van der Waals surface area contributed by atoms with Crippen molar-refractivity contribution in [2.45, 2.75) is 37.5 Å². The number of amides is 1. The normalized spacial score (nSPS) is 21.3. The topological polar surface area (TPSA) is 75.4 Å². The molecule has 1 spiro atoms. The van der Waals surface area contributed by atoms with Gasteiger partial charge in [0.1, 0.15) is 0 Å². The molecule has 2 heterocycles. The van der Waals surface area contributed by atoms with Crippen LogP contribution in [0.5, 0.6) is 0 Å². The number of rotatable bonds is 3. The molecule has 1 unspecified atom stereocenters. The van der Waals surface area contributed by atoms with Gasteiger partial charge in [-0.05, 0) is 48.9 Å². The van der Waals surface area contributed by atoms with Crippen molar-refractivity contribution >= 4 is 17.5 Å². The van der Waals surface area contributed by atoms with Crippen molar-refractivity contribution < 1.29 is 4.79 Å². The van der Waals surface area contributed by atoms with Gasteiger partial charge in [-0.25, -0.2) is 9.97 Å². The molecule has 2 aromatic rings. The molecule has 1 aliphatic carbocycles. The minimum absolute atomic E-state index is 0.0158. The van der Waals surface area contributed by atoms with E-state index in [-0.39, 0.29) is 11.3 Å². The van der Waals surface area contributed by atoms with Gasteiger partial charge in [-0.2, -0.15) is 0 Å². The van der Waals surface area contributed by atoms with Crippen molar-refractivity contribution in [1.82, 2.24) is 14.9 Å². The van der Waals surface area contributed by atoms with Gasteiger partial charge in [0.25, 0.3) is 0 Å². The van der Waals surface area contributed by atoms with Crippen LogP contribution in [0.2, 0.25) is 0 Å². The van der Waals surface area contributed by atoms with Crippen LogP contribution in [-0.4, -0.2) is 48.0 Å². The average molecular weight is 365 g/mol. The zero-order valence-electron chi connectivity index (χ0n) is 16.1. The summed E-state index contributed by atoms with van der Waals surface area (Å²) in [6.45, 7) is 1.59. The summed E-state index contributed by atoms with van der Waals surface area (Å²) in [5, 5.41) is 0. The predicted octanol–water partition coefficient (Wildman–Crippen LogP) is 2.17. The van der Waals surface area contributed by atoms with Crippen LogP contribution >= 0.6 is 0 Å². The number of nitrogens with zero attached hydrogens (tertiary/aromatic N) is 4. The van der Waals surface area contributed by atoms with Gasteiger partial charge >= 0.3 is 0 Å². The van der Waals surface area contributed by atoms with E-state index in [4.69, 9.17) is 10.7 Å². The number of nitrogens with two attached hydrogens (primary N) is 1. The number of benzene rings is 1. The molecule has 2 N–H and O–H groups in total. The fourth-order valence-corrected chi connectivity index (χ4v) is 4.41. The van der Waals surface area contributed by atoms with Crippen LogP contribution in [-0.2, 0) is 23.1 Å². The lowest BCUT2D eigenvalue weighted by Crippen LogP contribution is -2.48. The second-order valence-corrected chi connectivity index (χ2v) is 8.06. The second-order valence-electron chi connectivity index (χ2n) is 8.06. The average Bonchev–Trinajstić information content (AvgIpc) is 3.01. The molecule has 0 bridgehead atoms. The van der Waals surface area contributed by atoms with Gasteiger partial charge in [0.05, 0.1) is 12.1 Å². The first-order valence-corrected chi connectivity index (χ1v) is 9.63. The summed E-state index contributed by atoms with van der Waals surface area (Å²) < 4.78 is 0. The van der Waals surface area contributed by atoms with Crippen LogP contribution in [0.1, 0.15) is 36.1 Å². The quantitative estimate of drug-likeness (QED) is 0.844. The first-order valence-electron chi connectivity index (χ1n) is 9.63. The van der Waals surface area contributed by atoms with Crippen molar-refractivity contribution in [1.29, 1.82) is 0 Å². The van der Waals surface area contributed by atoms with E-state index in [1.54, 1.807) is 0 Å². The van der Waals surface area contributed by atoms with Crippen LogP contribution in [0.25, 0.3) is 0 Å². The van der Waals surface area contributed by atoms with E-state index < -0.39 is 0 Å². The lowest BCUT2D eigenvalue weighted by atomic mass is 9.77. The zero-order chi connectivity index (χ0) is 19.0. The number of piperidine rings is 1. The maximum absolute atomic E-state index is 12.9. The lowest BCUT2D eigenvalue weighted by molar-refractivity contribution is -0.132. The Hall–Kier alpha value is -2.63. The molecule has 6 nitrogen and oxygen atoms in total. The number of anilines is 2. The Morgan fingerprint density at radius 1 is 1.26 bits per heavy atom. The van der Waals surface area contributed by atoms with Crippen molar-refractivity contribution in [2.75, 3.05) is 37.8 Å².